The highest BCUT2D eigenvalue weighted by atomic mass is 19.4. The molecule has 0 unspecified atom stereocenters. The van der Waals surface area contributed by atoms with Crippen LogP contribution in [0.4, 0.5) is 19.0 Å². The molecule has 0 bridgehead atoms. The molecular weight excluding hydrogens is 323 g/mol. The number of aromatic nitrogens is 6. The van der Waals surface area contributed by atoms with Crippen molar-refractivity contribution in [2.24, 2.45) is 0 Å². The molecule has 10 heteroatoms. The van der Waals surface area contributed by atoms with Gasteiger partial charge in [0.25, 0.3) is 5.95 Å². The lowest BCUT2D eigenvalue weighted by Crippen LogP contribution is -2.10. The quantitative estimate of drug-likeness (QED) is 0.794. The Morgan fingerprint density at radius 1 is 1.12 bits per heavy atom. The predicted octanol–water partition coefficient (Wildman–Crippen LogP) is 2.71. The number of nitrogen functional groups attached to an aromatic ring is 1. The third-order valence-electron chi connectivity index (χ3n) is 3.32. The molecule has 3 heterocycles. The van der Waals surface area contributed by atoms with Gasteiger partial charge in [0, 0.05) is 24.6 Å². The molecular formula is C14H14F3N7. The molecule has 0 fully saturated rings. The maximum Gasteiger partial charge on any atom is 0.435 e. The fourth-order valence-corrected chi connectivity index (χ4v) is 2.19. The highest BCUT2D eigenvalue weighted by molar-refractivity contribution is 5.75. The first-order valence-corrected chi connectivity index (χ1v) is 7.07. The first kappa shape index (κ1) is 16.0. The number of anilines is 1. The van der Waals surface area contributed by atoms with Crippen molar-refractivity contribution in [2.45, 2.75) is 26.1 Å². The van der Waals surface area contributed by atoms with E-state index in [9.17, 15) is 13.2 Å². The smallest absolute Gasteiger partial charge is 0.383 e. The normalized spacial score (nSPS) is 12.1. The van der Waals surface area contributed by atoms with E-state index in [1.807, 2.05) is 13.8 Å². The summed E-state index contributed by atoms with van der Waals surface area (Å²) >= 11 is 0. The Bertz CT molecular complexity index is 849. The van der Waals surface area contributed by atoms with Crippen molar-refractivity contribution in [3.8, 4) is 17.2 Å². The Hall–Kier alpha value is -2.91. The van der Waals surface area contributed by atoms with Gasteiger partial charge < -0.3 is 5.73 Å². The summed E-state index contributed by atoms with van der Waals surface area (Å²) in [6.07, 6.45) is -0.311. The maximum absolute atomic E-state index is 13.4. The van der Waals surface area contributed by atoms with E-state index in [0.717, 1.165) is 4.68 Å². The van der Waals surface area contributed by atoms with Gasteiger partial charge in [-0.2, -0.15) is 28.1 Å². The zero-order chi connectivity index (χ0) is 17.5. The SMILES string of the molecule is CC(C)n1ccc(-c2c(C(F)(F)F)nn(-c3ncccn3)c2N)n1. The van der Waals surface area contributed by atoms with E-state index in [2.05, 4.69) is 20.2 Å². The van der Waals surface area contributed by atoms with E-state index in [0.29, 0.717) is 0 Å². The summed E-state index contributed by atoms with van der Waals surface area (Å²) in [5, 5.41) is 7.74. The van der Waals surface area contributed by atoms with Gasteiger partial charge in [0.2, 0.25) is 0 Å². The van der Waals surface area contributed by atoms with Gasteiger partial charge in [-0.15, -0.1) is 0 Å². The van der Waals surface area contributed by atoms with Crippen LogP contribution in [0.15, 0.2) is 30.7 Å². The third-order valence-corrected chi connectivity index (χ3v) is 3.32. The van der Waals surface area contributed by atoms with Crippen LogP contribution >= 0.6 is 0 Å². The lowest BCUT2D eigenvalue weighted by Gasteiger charge is -2.06. The predicted molar refractivity (Wildman–Crippen MR) is 80.2 cm³/mol. The van der Waals surface area contributed by atoms with Crippen LogP contribution in [-0.4, -0.2) is 29.5 Å². The van der Waals surface area contributed by atoms with E-state index in [4.69, 9.17) is 5.73 Å². The number of halogens is 3. The third kappa shape index (κ3) is 2.70. The second-order valence-corrected chi connectivity index (χ2v) is 5.34. The number of nitrogens with zero attached hydrogens (tertiary/aromatic N) is 6. The monoisotopic (exact) mass is 337 g/mol. The molecule has 126 valence electrons. The molecule has 3 aromatic rings. The van der Waals surface area contributed by atoms with Crippen molar-refractivity contribution < 1.29 is 13.2 Å². The lowest BCUT2D eigenvalue weighted by atomic mass is 10.1. The van der Waals surface area contributed by atoms with Gasteiger partial charge in [-0.25, -0.2) is 9.97 Å². The van der Waals surface area contributed by atoms with Crippen molar-refractivity contribution in [1.82, 2.24) is 29.5 Å². The number of nitrogens with two attached hydrogens (primary N) is 1. The van der Waals surface area contributed by atoms with Gasteiger partial charge in [0.1, 0.15) is 5.82 Å². The fraction of sp³-hybridized carbons (Fsp3) is 0.286. The van der Waals surface area contributed by atoms with Gasteiger partial charge in [-0.1, -0.05) is 0 Å². The zero-order valence-electron chi connectivity index (χ0n) is 12.9. The Balaban J connectivity index is 2.22. The highest BCUT2D eigenvalue weighted by Gasteiger charge is 2.40. The highest BCUT2D eigenvalue weighted by Crippen LogP contribution is 2.39. The summed E-state index contributed by atoms with van der Waals surface area (Å²) in [5.74, 6) is -0.266. The molecule has 0 radical (unpaired) electrons. The fourth-order valence-electron chi connectivity index (χ4n) is 2.19. The van der Waals surface area contributed by atoms with Crippen LogP contribution in [0.5, 0.6) is 0 Å². The first-order valence-electron chi connectivity index (χ1n) is 7.07. The van der Waals surface area contributed by atoms with Crippen molar-refractivity contribution in [3.05, 3.63) is 36.4 Å². The largest absolute Gasteiger partial charge is 0.435 e. The summed E-state index contributed by atoms with van der Waals surface area (Å²) in [5.41, 5.74) is 4.61. The number of hydrogen-bond acceptors (Lipinski definition) is 5. The van der Waals surface area contributed by atoms with Gasteiger partial charge >= 0.3 is 6.18 Å². The molecule has 24 heavy (non-hydrogen) atoms. The average Bonchev–Trinajstić information content (AvgIpc) is 3.12. The number of alkyl halides is 3. The maximum atomic E-state index is 13.4. The Morgan fingerprint density at radius 3 is 2.33 bits per heavy atom. The van der Waals surface area contributed by atoms with Crippen molar-refractivity contribution >= 4 is 5.82 Å². The van der Waals surface area contributed by atoms with E-state index in [1.165, 1.54) is 18.5 Å². The van der Waals surface area contributed by atoms with E-state index in [-0.39, 0.29) is 29.1 Å². The van der Waals surface area contributed by atoms with Gasteiger partial charge in [-0.3, -0.25) is 4.68 Å². The number of hydrogen-bond donors (Lipinski definition) is 1. The second-order valence-electron chi connectivity index (χ2n) is 5.34. The van der Waals surface area contributed by atoms with Crippen LogP contribution in [0.25, 0.3) is 17.2 Å². The molecule has 0 amide bonds. The van der Waals surface area contributed by atoms with Crippen molar-refractivity contribution in [2.75, 3.05) is 5.73 Å². The molecule has 3 rings (SSSR count). The van der Waals surface area contributed by atoms with Gasteiger partial charge in [0.15, 0.2) is 5.69 Å². The molecule has 7 nitrogen and oxygen atoms in total. The minimum absolute atomic E-state index is 0.00168. The standard InChI is InChI=1S/C14H14F3N7/c1-8(2)23-7-4-9(21-23)10-11(14(15,16)17)22-24(12(10)18)13-19-5-3-6-20-13/h3-8H,18H2,1-2H3. The Morgan fingerprint density at radius 2 is 1.79 bits per heavy atom. The van der Waals surface area contributed by atoms with Crippen molar-refractivity contribution in [3.63, 3.8) is 0 Å². The van der Waals surface area contributed by atoms with Crippen LogP contribution < -0.4 is 5.73 Å². The Labute approximate surface area is 134 Å². The Kier molecular flexibility index (Phi) is 3.74. The van der Waals surface area contributed by atoms with Crippen LogP contribution in [0.1, 0.15) is 25.6 Å². The first-order chi connectivity index (χ1) is 11.3. The zero-order valence-corrected chi connectivity index (χ0v) is 12.9. The average molecular weight is 337 g/mol. The lowest BCUT2D eigenvalue weighted by molar-refractivity contribution is -0.140. The van der Waals surface area contributed by atoms with E-state index < -0.39 is 11.9 Å². The van der Waals surface area contributed by atoms with Crippen LogP contribution in [-0.2, 0) is 6.18 Å². The minimum atomic E-state index is -4.69. The molecule has 0 aliphatic carbocycles. The molecule has 0 aliphatic heterocycles. The van der Waals surface area contributed by atoms with E-state index >= 15 is 0 Å². The minimum Gasteiger partial charge on any atom is -0.383 e. The van der Waals surface area contributed by atoms with E-state index in [1.54, 1.807) is 16.9 Å². The summed E-state index contributed by atoms with van der Waals surface area (Å²) in [7, 11) is 0. The second kappa shape index (κ2) is 5.62. The van der Waals surface area contributed by atoms with Crippen LogP contribution in [0.2, 0.25) is 0 Å². The van der Waals surface area contributed by atoms with Crippen LogP contribution in [0, 0.1) is 0 Å². The van der Waals surface area contributed by atoms with Crippen LogP contribution in [0.3, 0.4) is 0 Å². The summed E-state index contributed by atoms with van der Waals surface area (Å²) in [6, 6.07) is 3.01. The molecule has 3 aromatic heterocycles. The molecule has 0 saturated heterocycles. The van der Waals surface area contributed by atoms with Gasteiger partial charge in [0.05, 0.1) is 11.3 Å². The topological polar surface area (TPSA) is 87.4 Å². The molecule has 2 N–H and O–H groups in total. The summed E-state index contributed by atoms with van der Waals surface area (Å²) in [6.45, 7) is 3.73. The molecule has 0 spiro atoms. The van der Waals surface area contributed by atoms with Crippen molar-refractivity contribution in [1.29, 1.82) is 0 Å². The number of rotatable bonds is 3. The molecule has 0 atom stereocenters. The summed E-state index contributed by atoms with van der Waals surface area (Å²) < 4.78 is 42.6. The summed E-state index contributed by atoms with van der Waals surface area (Å²) in [4.78, 5) is 7.78. The molecule has 0 saturated carbocycles. The molecule has 0 aliphatic rings. The molecule has 0 aromatic carbocycles. The van der Waals surface area contributed by atoms with Gasteiger partial charge in [-0.05, 0) is 26.0 Å².